The van der Waals surface area contributed by atoms with Crippen molar-refractivity contribution in [2.45, 2.75) is 94.0 Å². The summed E-state index contributed by atoms with van der Waals surface area (Å²) < 4.78 is 22.4. The van der Waals surface area contributed by atoms with Crippen LogP contribution in [0.1, 0.15) is 62.5 Å². The molecule has 9 nitrogen and oxygen atoms in total. The van der Waals surface area contributed by atoms with Crippen molar-refractivity contribution in [2.75, 3.05) is 51.0 Å². The summed E-state index contributed by atoms with van der Waals surface area (Å²) in [7, 11) is 0. The Morgan fingerprint density at radius 2 is 1.51 bits per heavy atom. The van der Waals surface area contributed by atoms with E-state index in [1.165, 1.54) is 11.1 Å². The highest BCUT2D eigenvalue weighted by molar-refractivity contribution is 5.91. The number of hydrogen-bond acceptors (Lipinski definition) is 7. The van der Waals surface area contributed by atoms with Crippen molar-refractivity contribution in [1.29, 1.82) is 0 Å². The molecule has 7 rings (SSSR count). The number of nitrogens with zero attached hydrogens (tertiary/aromatic N) is 3. The number of rotatable bonds is 3. The number of ether oxygens (including phenoxy) is 4. The molecule has 0 radical (unpaired) electrons. The van der Waals surface area contributed by atoms with Gasteiger partial charge in [0.2, 0.25) is 0 Å². The second-order valence-corrected chi connectivity index (χ2v) is 12.6. The van der Waals surface area contributed by atoms with Crippen LogP contribution in [0.15, 0.2) is 18.2 Å². The lowest BCUT2D eigenvalue weighted by Crippen LogP contribution is -2.56. The van der Waals surface area contributed by atoms with Crippen molar-refractivity contribution >= 4 is 17.9 Å². The van der Waals surface area contributed by atoms with Crippen molar-refractivity contribution in [1.82, 2.24) is 9.80 Å². The number of benzene rings is 1. The van der Waals surface area contributed by atoms with Crippen LogP contribution in [0.5, 0.6) is 0 Å². The zero-order chi connectivity index (χ0) is 26.6. The standard InChI is InChI=1S/C30H41N3O6/c1-20-2-5-27-26(14-20)30(19-32(27)28(34)38-24-6-12-36-17-24)8-10-31(11-9-30)23-15-21-3-4-22(16-23)33(21)29(35)39-25-7-13-37-18-25/h2,5,14,21-25H,3-4,6-13,15-19H2,1H3/t21?,22?,23?,24-,25-/m1/s1. The van der Waals surface area contributed by atoms with E-state index in [1.807, 2.05) is 4.90 Å². The fraction of sp³-hybridized carbons (Fsp3) is 0.733. The minimum atomic E-state index is -0.241. The lowest BCUT2D eigenvalue weighted by atomic mass is 9.73. The zero-order valence-electron chi connectivity index (χ0n) is 23.0. The average Bonchev–Trinajstić information content (AvgIpc) is 3.73. The smallest absolute Gasteiger partial charge is 0.414 e. The van der Waals surface area contributed by atoms with Crippen LogP contribution in [-0.4, -0.2) is 98.4 Å². The molecule has 1 aromatic carbocycles. The molecule has 2 amide bonds. The molecule has 0 aromatic heterocycles. The number of amides is 2. The van der Waals surface area contributed by atoms with E-state index in [0.717, 1.165) is 70.1 Å². The van der Waals surface area contributed by atoms with Crippen molar-refractivity contribution < 1.29 is 28.5 Å². The van der Waals surface area contributed by atoms with Crippen molar-refractivity contribution in [3.05, 3.63) is 29.3 Å². The number of aryl methyl sites for hydroxylation is 1. The Hall–Kier alpha value is -2.36. The van der Waals surface area contributed by atoms with Crippen molar-refractivity contribution in [2.24, 2.45) is 0 Å². The minimum absolute atomic E-state index is 0.0319. The predicted octanol–water partition coefficient (Wildman–Crippen LogP) is 4.00. The molecular weight excluding hydrogens is 498 g/mol. The zero-order valence-corrected chi connectivity index (χ0v) is 23.0. The van der Waals surface area contributed by atoms with Crippen LogP contribution >= 0.6 is 0 Å². The highest BCUT2D eigenvalue weighted by Gasteiger charge is 2.50. The van der Waals surface area contributed by atoms with Gasteiger partial charge in [-0.1, -0.05) is 17.7 Å². The van der Waals surface area contributed by atoms with E-state index in [1.54, 1.807) is 0 Å². The van der Waals surface area contributed by atoms with Gasteiger partial charge in [-0.2, -0.15) is 0 Å². The molecule has 1 spiro atoms. The third-order valence-corrected chi connectivity index (χ3v) is 10.2. The summed E-state index contributed by atoms with van der Waals surface area (Å²) in [6.07, 6.45) is 7.22. The largest absolute Gasteiger partial charge is 0.444 e. The monoisotopic (exact) mass is 539 g/mol. The molecule has 0 saturated carbocycles. The summed E-state index contributed by atoms with van der Waals surface area (Å²) in [4.78, 5) is 32.8. The summed E-state index contributed by atoms with van der Waals surface area (Å²) in [5, 5.41) is 0. The van der Waals surface area contributed by atoms with Gasteiger partial charge in [0.15, 0.2) is 0 Å². The van der Waals surface area contributed by atoms with E-state index in [-0.39, 0.29) is 41.9 Å². The second kappa shape index (κ2) is 10.2. The first-order chi connectivity index (χ1) is 19.0. The molecule has 2 unspecified atom stereocenters. The predicted molar refractivity (Wildman–Crippen MR) is 144 cm³/mol. The molecule has 1 aromatic rings. The van der Waals surface area contributed by atoms with Gasteiger partial charge in [0.25, 0.3) is 0 Å². The van der Waals surface area contributed by atoms with Crippen LogP contribution in [0.2, 0.25) is 0 Å². The van der Waals surface area contributed by atoms with E-state index >= 15 is 0 Å². The van der Waals surface area contributed by atoms with Crippen molar-refractivity contribution in [3.8, 4) is 0 Å². The van der Waals surface area contributed by atoms with E-state index in [9.17, 15) is 9.59 Å². The quantitative estimate of drug-likeness (QED) is 0.575. The van der Waals surface area contributed by atoms with Crippen LogP contribution in [0, 0.1) is 6.92 Å². The highest BCUT2D eigenvalue weighted by atomic mass is 16.6. The van der Waals surface area contributed by atoms with Gasteiger partial charge in [-0.25, -0.2) is 9.59 Å². The number of likely N-dealkylation sites (tertiary alicyclic amines) is 1. The lowest BCUT2D eigenvalue weighted by molar-refractivity contribution is 0.00964. The van der Waals surface area contributed by atoms with Crippen LogP contribution in [0.3, 0.4) is 0 Å². The van der Waals surface area contributed by atoms with Gasteiger partial charge in [-0.15, -0.1) is 0 Å². The SMILES string of the molecule is Cc1ccc2c(c1)C1(CCN(C3CC4CCC(C3)N4C(=O)O[C@@H]3CCOC3)CC1)CN2C(=O)O[C@@H]1CCOC1. The number of carbonyl (C=O) groups excluding carboxylic acids is 2. The third kappa shape index (κ3) is 4.70. The first-order valence-electron chi connectivity index (χ1n) is 15.0. The van der Waals surface area contributed by atoms with Crippen LogP contribution in [0.25, 0.3) is 0 Å². The highest BCUT2D eigenvalue weighted by Crippen LogP contribution is 2.49. The van der Waals surface area contributed by atoms with Crippen LogP contribution in [0.4, 0.5) is 15.3 Å². The molecule has 5 saturated heterocycles. The number of hydrogen-bond donors (Lipinski definition) is 0. The fourth-order valence-electron chi connectivity index (χ4n) is 8.06. The summed E-state index contributed by atoms with van der Waals surface area (Å²) in [6, 6.07) is 7.54. The molecule has 6 heterocycles. The fourth-order valence-corrected chi connectivity index (χ4v) is 8.06. The Balaban J connectivity index is 1.01. The topological polar surface area (TPSA) is 80.8 Å². The second-order valence-electron chi connectivity index (χ2n) is 12.6. The molecule has 0 N–H and O–H groups in total. The Labute approximate surface area is 230 Å². The Morgan fingerprint density at radius 3 is 2.13 bits per heavy atom. The van der Waals surface area contributed by atoms with Gasteiger partial charge in [-0.3, -0.25) is 4.90 Å². The summed E-state index contributed by atoms with van der Waals surface area (Å²) in [5.74, 6) is 0. The molecule has 39 heavy (non-hydrogen) atoms. The number of fused-ring (bicyclic) bond motifs is 4. The molecule has 212 valence electrons. The van der Waals surface area contributed by atoms with E-state index in [2.05, 4.69) is 34.9 Å². The molecule has 0 aliphatic carbocycles. The lowest BCUT2D eigenvalue weighted by Gasteiger charge is -2.47. The normalized spacial score (nSPS) is 33.5. The maximum atomic E-state index is 13.2. The number of anilines is 1. The van der Waals surface area contributed by atoms with Gasteiger partial charge in [0.1, 0.15) is 12.2 Å². The summed E-state index contributed by atoms with van der Waals surface area (Å²) >= 11 is 0. The molecular formula is C30H41N3O6. The summed E-state index contributed by atoms with van der Waals surface area (Å²) in [5.41, 5.74) is 3.51. The third-order valence-electron chi connectivity index (χ3n) is 10.2. The van der Waals surface area contributed by atoms with Gasteiger partial charge in [0.05, 0.1) is 32.1 Å². The van der Waals surface area contributed by atoms with Gasteiger partial charge in [0, 0.05) is 42.9 Å². The molecule has 2 bridgehead atoms. The molecule has 9 heteroatoms. The van der Waals surface area contributed by atoms with E-state index in [0.29, 0.717) is 39.0 Å². The molecule has 6 aliphatic heterocycles. The van der Waals surface area contributed by atoms with Gasteiger partial charge in [-0.05, 0) is 70.2 Å². The molecule has 4 atom stereocenters. The van der Waals surface area contributed by atoms with Gasteiger partial charge >= 0.3 is 12.2 Å². The maximum Gasteiger partial charge on any atom is 0.414 e. The van der Waals surface area contributed by atoms with Crippen LogP contribution < -0.4 is 4.90 Å². The number of carbonyl (C=O) groups is 2. The van der Waals surface area contributed by atoms with Crippen molar-refractivity contribution in [3.63, 3.8) is 0 Å². The first-order valence-corrected chi connectivity index (χ1v) is 15.0. The number of piperidine rings is 2. The van der Waals surface area contributed by atoms with E-state index in [4.69, 9.17) is 18.9 Å². The Kier molecular flexibility index (Phi) is 6.72. The Morgan fingerprint density at radius 1 is 0.872 bits per heavy atom. The van der Waals surface area contributed by atoms with Gasteiger partial charge < -0.3 is 28.7 Å². The van der Waals surface area contributed by atoms with E-state index < -0.39 is 0 Å². The minimum Gasteiger partial charge on any atom is -0.444 e. The van der Waals surface area contributed by atoms with Crippen LogP contribution in [-0.2, 0) is 24.4 Å². The summed E-state index contributed by atoms with van der Waals surface area (Å²) in [6.45, 7) is 7.21. The Bertz CT molecular complexity index is 1080. The maximum absolute atomic E-state index is 13.2. The molecule has 5 fully saturated rings. The molecule has 6 aliphatic rings. The average molecular weight is 540 g/mol. The first kappa shape index (κ1) is 25.6.